The fourth-order valence-corrected chi connectivity index (χ4v) is 3.92. The van der Waals surface area contributed by atoms with Crippen LogP contribution >= 0.6 is 0 Å². The third-order valence-electron chi connectivity index (χ3n) is 4.74. The van der Waals surface area contributed by atoms with Gasteiger partial charge in [0, 0.05) is 26.5 Å². The molecule has 190 valence electrons. The van der Waals surface area contributed by atoms with Gasteiger partial charge in [0.1, 0.15) is 11.6 Å². The summed E-state index contributed by atoms with van der Waals surface area (Å²) >= 11 is 0. The fraction of sp³-hybridized carbons (Fsp3) is 0.250. The maximum Gasteiger partial charge on any atom is 0.263 e. The lowest BCUT2D eigenvalue weighted by Gasteiger charge is -2.08. The topological polar surface area (TPSA) is 152 Å². The average Bonchev–Trinajstić information content (AvgIpc) is 2.88. The Morgan fingerprint density at radius 1 is 1.00 bits per heavy atom. The summed E-state index contributed by atoms with van der Waals surface area (Å²) in [6.07, 6.45) is 2.10. The van der Waals surface area contributed by atoms with Crippen molar-refractivity contribution in [1.29, 1.82) is 0 Å². The molecule has 1 aromatic heterocycles. The number of rotatable bonds is 13. The van der Waals surface area contributed by atoms with Gasteiger partial charge in [-0.25, -0.2) is 13.4 Å². The van der Waals surface area contributed by atoms with E-state index in [2.05, 4.69) is 25.3 Å². The van der Waals surface area contributed by atoms with Crippen molar-refractivity contribution in [2.45, 2.75) is 11.3 Å². The van der Waals surface area contributed by atoms with Gasteiger partial charge in [0.05, 0.1) is 35.0 Å². The van der Waals surface area contributed by atoms with E-state index >= 15 is 0 Å². The molecule has 0 atom stereocenters. The van der Waals surface area contributed by atoms with Gasteiger partial charge in [-0.2, -0.15) is 10.2 Å². The quantitative estimate of drug-likeness (QED) is 0.232. The molecule has 0 saturated carbocycles. The Balaban J connectivity index is 1.58. The molecule has 0 aliphatic rings. The van der Waals surface area contributed by atoms with Gasteiger partial charge in [0.2, 0.25) is 0 Å². The number of phenols is 1. The smallest absolute Gasteiger partial charge is 0.263 e. The SMILES string of the molecule is COCCOCCCNC(=O)c1cc(N=Nc2ccc(S(=O)(=O)Nc3ccccn3)cc2)ccc1O. The molecule has 0 aliphatic carbocycles. The number of hydrogen-bond acceptors (Lipinski definition) is 9. The van der Waals surface area contributed by atoms with Crippen LogP contribution in [0.1, 0.15) is 16.8 Å². The van der Waals surface area contributed by atoms with Gasteiger partial charge in [0.15, 0.2) is 0 Å². The maximum absolute atomic E-state index is 12.5. The number of nitrogens with one attached hydrogen (secondary N) is 2. The third-order valence-corrected chi connectivity index (χ3v) is 6.11. The molecule has 11 nitrogen and oxygen atoms in total. The molecule has 3 aromatic rings. The number of aromatic hydroxyl groups is 1. The second kappa shape index (κ2) is 13.3. The number of phenolic OH excluding ortho intramolecular Hbond substituents is 1. The Morgan fingerprint density at radius 3 is 2.47 bits per heavy atom. The number of azo groups is 1. The Labute approximate surface area is 209 Å². The van der Waals surface area contributed by atoms with E-state index in [-0.39, 0.29) is 22.0 Å². The number of benzene rings is 2. The van der Waals surface area contributed by atoms with Crippen LogP contribution < -0.4 is 10.0 Å². The Morgan fingerprint density at radius 2 is 1.75 bits per heavy atom. The number of carbonyl (C=O) groups excluding carboxylic acids is 1. The molecule has 3 rings (SSSR count). The van der Waals surface area contributed by atoms with Crippen molar-refractivity contribution >= 4 is 33.1 Å². The van der Waals surface area contributed by atoms with Crippen molar-refractivity contribution in [1.82, 2.24) is 10.3 Å². The number of amides is 1. The Hall–Kier alpha value is -3.87. The first-order valence-corrected chi connectivity index (χ1v) is 12.5. The molecule has 0 spiro atoms. The molecular weight excluding hydrogens is 486 g/mol. The molecule has 0 saturated heterocycles. The minimum absolute atomic E-state index is 0.0415. The summed E-state index contributed by atoms with van der Waals surface area (Å²) in [5, 5.41) is 21.0. The predicted molar refractivity (Wildman–Crippen MR) is 133 cm³/mol. The highest BCUT2D eigenvalue weighted by Crippen LogP contribution is 2.26. The van der Waals surface area contributed by atoms with Gasteiger partial charge in [-0.1, -0.05) is 6.07 Å². The van der Waals surface area contributed by atoms with Gasteiger partial charge in [0.25, 0.3) is 15.9 Å². The largest absolute Gasteiger partial charge is 0.507 e. The third kappa shape index (κ3) is 8.12. The minimum atomic E-state index is -3.80. The van der Waals surface area contributed by atoms with E-state index in [9.17, 15) is 18.3 Å². The Bertz CT molecular complexity index is 1270. The number of nitrogens with zero attached hydrogens (tertiary/aromatic N) is 3. The van der Waals surface area contributed by atoms with E-state index in [1.807, 2.05) is 0 Å². The van der Waals surface area contributed by atoms with Gasteiger partial charge in [-0.15, -0.1) is 0 Å². The zero-order valence-electron chi connectivity index (χ0n) is 19.6. The van der Waals surface area contributed by atoms with Crippen LogP contribution in [0.2, 0.25) is 0 Å². The van der Waals surface area contributed by atoms with Gasteiger partial charge >= 0.3 is 0 Å². The lowest BCUT2D eigenvalue weighted by atomic mass is 10.1. The van der Waals surface area contributed by atoms with Gasteiger partial charge < -0.3 is 19.9 Å². The molecule has 12 heteroatoms. The summed E-state index contributed by atoms with van der Waals surface area (Å²) in [7, 11) is -2.21. The van der Waals surface area contributed by atoms with Crippen LogP contribution in [0.25, 0.3) is 0 Å². The number of sulfonamides is 1. The summed E-state index contributed by atoms with van der Waals surface area (Å²) < 4.78 is 37.6. The zero-order valence-corrected chi connectivity index (χ0v) is 20.4. The fourth-order valence-electron chi connectivity index (χ4n) is 2.91. The van der Waals surface area contributed by atoms with Crippen LogP contribution in [0, 0.1) is 0 Å². The highest BCUT2D eigenvalue weighted by molar-refractivity contribution is 7.92. The summed E-state index contributed by atoms with van der Waals surface area (Å²) in [6, 6.07) is 15.0. The van der Waals surface area contributed by atoms with Crippen LogP contribution in [0.3, 0.4) is 0 Å². The van der Waals surface area contributed by atoms with Crippen molar-refractivity contribution in [3.63, 3.8) is 0 Å². The minimum Gasteiger partial charge on any atom is -0.507 e. The lowest BCUT2D eigenvalue weighted by Crippen LogP contribution is -2.25. The zero-order chi connectivity index (χ0) is 25.8. The summed E-state index contributed by atoms with van der Waals surface area (Å²) in [5.74, 6) is -0.419. The molecule has 0 unspecified atom stereocenters. The summed E-state index contributed by atoms with van der Waals surface area (Å²) in [5.41, 5.74) is 0.808. The monoisotopic (exact) mass is 513 g/mol. The standard InChI is InChI=1S/C24H27N5O6S/c1-34-15-16-35-14-4-13-26-24(31)21-17-19(8-11-22(21)30)28-27-18-6-9-20(10-7-18)36(32,33)29-23-5-2-3-12-25-23/h2-3,5-12,17,30H,4,13-16H2,1H3,(H,25,29)(H,26,31). The number of hydrogen-bond donors (Lipinski definition) is 3. The van der Waals surface area contributed by atoms with Crippen LogP contribution in [0.4, 0.5) is 17.2 Å². The molecule has 0 bridgehead atoms. The second-order valence-electron chi connectivity index (χ2n) is 7.43. The molecule has 2 aromatic carbocycles. The molecule has 0 aliphatic heterocycles. The summed E-state index contributed by atoms with van der Waals surface area (Å²) in [6.45, 7) is 1.84. The van der Waals surface area contributed by atoms with Crippen molar-refractivity contribution < 1.29 is 27.8 Å². The molecule has 0 fully saturated rings. The molecule has 1 heterocycles. The normalized spacial score (nSPS) is 11.5. The second-order valence-corrected chi connectivity index (χ2v) is 9.11. The number of methoxy groups -OCH3 is 1. The predicted octanol–water partition coefficient (Wildman–Crippen LogP) is 3.79. The van der Waals surface area contributed by atoms with E-state index in [4.69, 9.17) is 9.47 Å². The lowest BCUT2D eigenvalue weighted by molar-refractivity contribution is 0.0688. The van der Waals surface area contributed by atoms with Crippen LogP contribution in [-0.4, -0.2) is 57.9 Å². The van der Waals surface area contributed by atoms with Crippen LogP contribution in [-0.2, 0) is 19.5 Å². The molecule has 3 N–H and O–H groups in total. The van der Waals surface area contributed by atoms with E-state index in [0.717, 1.165) is 0 Å². The highest BCUT2D eigenvalue weighted by atomic mass is 32.2. The highest BCUT2D eigenvalue weighted by Gasteiger charge is 2.15. The number of ether oxygens (including phenoxy) is 2. The van der Waals surface area contributed by atoms with Gasteiger partial charge in [-0.05, 0) is 61.0 Å². The first-order chi connectivity index (χ1) is 17.4. The van der Waals surface area contributed by atoms with Crippen molar-refractivity contribution in [3.05, 3.63) is 72.4 Å². The maximum atomic E-state index is 12.5. The van der Waals surface area contributed by atoms with E-state index < -0.39 is 15.9 Å². The van der Waals surface area contributed by atoms with E-state index in [1.165, 1.54) is 48.7 Å². The van der Waals surface area contributed by atoms with Gasteiger partial charge in [-0.3, -0.25) is 9.52 Å². The molecule has 0 radical (unpaired) electrons. The molecule has 1 amide bonds. The first-order valence-electron chi connectivity index (χ1n) is 11.0. The Kier molecular flexibility index (Phi) is 9.86. The van der Waals surface area contributed by atoms with Crippen molar-refractivity contribution in [2.24, 2.45) is 10.2 Å². The molecular formula is C24H27N5O6S. The van der Waals surface area contributed by atoms with E-state index in [1.54, 1.807) is 25.3 Å². The molecule has 36 heavy (non-hydrogen) atoms. The van der Waals surface area contributed by atoms with Crippen LogP contribution in [0.5, 0.6) is 5.75 Å². The van der Waals surface area contributed by atoms with Crippen LogP contribution in [0.15, 0.2) is 82.0 Å². The van der Waals surface area contributed by atoms with Crippen molar-refractivity contribution in [2.75, 3.05) is 38.2 Å². The van der Waals surface area contributed by atoms with Crippen molar-refractivity contribution in [3.8, 4) is 5.75 Å². The first kappa shape index (κ1) is 26.7. The number of carbonyl (C=O) groups is 1. The van der Waals surface area contributed by atoms with E-state index in [0.29, 0.717) is 44.2 Å². The number of pyridine rings is 1. The average molecular weight is 514 g/mol. The number of aromatic nitrogens is 1. The summed E-state index contributed by atoms with van der Waals surface area (Å²) in [4.78, 5) is 16.4. The number of anilines is 1.